The highest BCUT2D eigenvalue weighted by atomic mass is 32.2. The van der Waals surface area contributed by atoms with E-state index in [9.17, 15) is 13.2 Å². The largest absolute Gasteiger partial charge is 0.493 e. The van der Waals surface area contributed by atoms with Gasteiger partial charge < -0.3 is 14.2 Å². The van der Waals surface area contributed by atoms with Crippen molar-refractivity contribution in [3.8, 4) is 5.75 Å². The highest BCUT2D eigenvalue weighted by molar-refractivity contribution is 7.89. The van der Waals surface area contributed by atoms with Crippen LogP contribution in [0.25, 0.3) is 0 Å². The van der Waals surface area contributed by atoms with E-state index in [0.29, 0.717) is 30.9 Å². The van der Waals surface area contributed by atoms with Crippen LogP contribution in [0.3, 0.4) is 0 Å². The van der Waals surface area contributed by atoms with Crippen LogP contribution in [0, 0.1) is 0 Å². The van der Waals surface area contributed by atoms with Crippen LogP contribution in [-0.2, 0) is 24.3 Å². The SMILES string of the molecule is COCCOC(=O)C1CCOc2ccc(S(N)(=O)=O)cc21. The first-order chi connectivity index (χ1) is 9.93. The third-order valence-corrected chi connectivity index (χ3v) is 4.08. The smallest absolute Gasteiger partial charge is 0.313 e. The molecule has 1 unspecified atom stereocenters. The molecule has 0 saturated heterocycles. The average Bonchev–Trinajstić information content (AvgIpc) is 2.45. The number of sulfonamides is 1. The van der Waals surface area contributed by atoms with Gasteiger partial charge in [0.25, 0.3) is 0 Å². The summed E-state index contributed by atoms with van der Waals surface area (Å²) in [6, 6.07) is 4.22. The van der Waals surface area contributed by atoms with Crippen molar-refractivity contribution in [3.05, 3.63) is 23.8 Å². The molecule has 1 atom stereocenters. The zero-order chi connectivity index (χ0) is 15.5. The fourth-order valence-corrected chi connectivity index (χ4v) is 2.67. The number of nitrogens with two attached hydrogens (primary N) is 1. The number of hydrogen-bond donors (Lipinski definition) is 1. The van der Waals surface area contributed by atoms with E-state index in [1.165, 1.54) is 25.3 Å². The first kappa shape index (κ1) is 15.7. The summed E-state index contributed by atoms with van der Waals surface area (Å²) in [6.45, 7) is 0.821. The van der Waals surface area contributed by atoms with Crippen LogP contribution in [0.4, 0.5) is 0 Å². The number of hydrogen-bond acceptors (Lipinski definition) is 6. The van der Waals surface area contributed by atoms with Gasteiger partial charge in [-0.25, -0.2) is 13.6 Å². The number of rotatable bonds is 5. The molecule has 0 saturated carbocycles. The highest BCUT2D eigenvalue weighted by Crippen LogP contribution is 2.35. The lowest BCUT2D eigenvalue weighted by molar-refractivity contribution is -0.147. The molecule has 1 heterocycles. The van der Waals surface area contributed by atoms with Gasteiger partial charge in [0.05, 0.1) is 24.0 Å². The summed E-state index contributed by atoms with van der Waals surface area (Å²) in [6.07, 6.45) is 0.423. The molecular formula is C13H17NO6S. The molecular weight excluding hydrogens is 298 g/mol. The summed E-state index contributed by atoms with van der Waals surface area (Å²) in [4.78, 5) is 12.0. The summed E-state index contributed by atoms with van der Waals surface area (Å²) in [5, 5.41) is 5.11. The molecule has 7 nitrogen and oxygen atoms in total. The van der Waals surface area contributed by atoms with Gasteiger partial charge in [-0.15, -0.1) is 0 Å². The fraction of sp³-hybridized carbons (Fsp3) is 0.462. The number of benzene rings is 1. The number of carbonyl (C=O) groups is 1. The maximum Gasteiger partial charge on any atom is 0.313 e. The lowest BCUT2D eigenvalue weighted by atomic mass is 9.93. The van der Waals surface area contributed by atoms with E-state index in [-0.39, 0.29) is 11.5 Å². The topological polar surface area (TPSA) is 105 Å². The Labute approximate surface area is 123 Å². The Balaban J connectivity index is 2.26. The molecule has 1 aliphatic heterocycles. The molecule has 1 aromatic rings. The summed E-state index contributed by atoms with van der Waals surface area (Å²) < 4.78 is 38.2. The second-order valence-corrected chi connectivity index (χ2v) is 6.16. The molecule has 0 bridgehead atoms. The number of esters is 1. The lowest BCUT2D eigenvalue weighted by Crippen LogP contribution is -2.25. The molecule has 2 N–H and O–H groups in total. The van der Waals surface area contributed by atoms with Crippen LogP contribution in [0.5, 0.6) is 5.75 Å². The van der Waals surface area contributed by atoms with Crippen molar-refractivity contribution in [2.24, 2.45) is 5.14 Å². The monoisotopic (exact) mass is 315 g/mol. The summed E-state index contributed by atoms with van der Waals surface area (Å²) in [5.74, 6) is -0.516. The predicted octanol–water partition coefficient (Wildman–Crippen LogP) is 0.390. The van der Waals surface area contributed by atoms with E-state index in [2.05, 4.69) is 0 Å². The van der Waals surface area contributed by atoms with Gasteiger partial charge in [0.2, 0.25) is 10.0 Å². The van der Waals surface area contributed by atoms with Crippen molar-refractivity contribution >= 4 is 16.0 Å². The minimum Gasteiger partial charge on any atom is -0.493 e. The zero-order valence-electron chi connectivity index (χ0n) is 11.6. The molecule has 21 heavy (non-hydrogen) atoms. The molecule has 0 fully saturated rings. The Morgan fingerprint density at radius 1 is 1.43 bits per heavy atom. The Bertz CT molecular complexity index is 628. The van der Waals surface area contributed by atoms with E-state index >= 15 is 0 Å². The summed E-state index contributed by atoms with van der Waals surface area (Å²) >= 11 is 0. The van der Waals surface area contributed by atoms with E-state index < -0.39 is 21.9 Å². The quantitative estimate of drug-likeness (QED) is 0.622. The first-order valence-electron chi connectivity index (χ1n) is 6.38. The molecule has 0 spiro atoms. The van der Waals surface area contributed by atoms with Crippen molar-refractivity contribution in [2.45, 2.75) is 17.2 Å². The normalized spacial score (nSPS) is 17.7. The van der Waals surface area contributed by atoms with Crippen LogP contribution in [0.1, 0.15) is 17.9 Å². The van der Waals surface area contributed by atoms with Gasteiger partial charge in [-0.3, -0.25) is 4.79 Å². The molecule has 0 radical (unpaired) electrons. The van der Waals surface area contributed by atoms with Gasteiger partial charge in [-0.1, -0.05) is 0 Å². The Kier molecular flexibility index (Phi) is 4.81. The molecule has 2 rings (SSSR count). The van der Waals surface area contributed by atoms with Crippen LogP contribution < -0.4 is 9.88 Å². The van der Waals surface area contributed by atoms with Crippen molar-refractivity contribution in [3.63, 3.8) is 0 Å². The molecule has 116 valence electrons. The number of carbonyl (C=O) groups excluding carboxylic acids is 1. The van der Waals surface area contributed by atoms with Gasteiger partial charge in [-0.2, -0.15) is 0 Å². The molecule has 0 aliphatic carbocycles. The van der Waals surface area contributed by atoms with E-state index in [1.54, 1.807) is 0 Å². The maximum atomic E-state index is 12.1. The molecule has 1 aliphatic rings. The summed E-state index contributed by atoms with van der Waals surface area (Å²) in [5.41, 5.74) is 0.482. The minimum atomic E-state index is -3.83. The Morgan fingerprint density at radius 3 is 2.86 bits per heavy atom. The number of fused-ring (bicyclic) bond motifs is 1. The van der Waals surface area contributed by atoms with E-state index in [4.69, 9.17) is 19.3 Å². The number of methoxy groups -OCH3 is 1. The van der Waals surface area contributed by atoms with Gasteiger partial charge in [0.15, 0.2) is 0 Å². The fourth-order valence-electron chi connectivity index (χ4n) is 2.12. The number of primary sulfonamides is 1. The van der Waals surface area contributed by atoms with Gasteiger partial charge in [-0.05, 0) is 24.6 Å². The van der Waals surface area contributed by atoms with Crippen molar-refractivity contribution in [2.75, 3.05) is 26.9 Å². The maximum absolute atomic E-state index is 12.1. The average molecular weight is 315 g/mol. The van der Waals surface area contributed by atoms with Crippen molar-refractivity contribution in [1.29, 1.82) is 0 Å². The van der Waals surface area contributed by atoms with Crippen LogP contribution >= 0.6 is 0 Å². The molecule has 8 heteroatoms. The second-order valence-electron chi connectivity index (χ2n) is 4.59. The van der Waals surface area contributed by atoms with Crippen LogP contribution in [0.15, 0.2) is 23.1 Å². The third kappa shape index (κ3) is 3.72. The Morgan fingerprint density at radius 2 is 2.19 bits per heavy atom. The first-order valence-corrected chi connectivity index (χ1v) is 7.93. The van der Waals surface area contributed by atoms with E-state index in [1.807, 2.05) is 0 Å². The van der Waals surface area contributed by atoms with Crippen LogP contribution in [0.2, 0.25) is 0 Å². The van der Waals surface area contributed by atoms with Crippen LogP contribution in [-0.4, -0.2) is 41.3 Å². The van der Waals surface area contributed by atoms with Crippen molar-refractivity contribution in [1.82, 2.24) is 0 Å². The van der Waals surface area contributed by atoms with Gasteiger partial charge in [0, 0.05) is 12.7 Å². The van der Waals surface area contributed by atoms with Gasteiger partial charge in [0.1, 0.15) is 12.4 Å². The molecule has 0 amide bonds. The van der Waals surface area contributed by atoms with Gasteiger partial charge >= 0.3 is 5.97 Å². The predicted molar refractivity (Wildman–Crippen MR) is 73.5 cm³/mol. The Hall–Kier alpha value is -1.64. The lowest BCUT2D eigenvalue weighted by Gasteiger charge is -2.25. The molecule has 1 aromatic carbocycles. The molecule has 0 aromatic heterocycles. The zero-order valence-corrected chi connectivity index (χ0v) is 12.4. The standard InChI is InChI=1S/C13H17NO6S/c1-18-6-7-20-13(15)10-4-5-19-12-3-2-9(8-11(10)12)21(14,16)17/h2-3,8,10H,4-7H2,1H3,(H2,14,16,17). The van der Waals surface area contributed by atoms with Crippen molar-refractivity contribution < 1.29 is 27.4 Å². The van der Waals surface area contributed by atoms with E-state index in [0.717, 1.165) is 0 Å². The minimum absolute atomic E-state index is 0.0542. The summed E-state index contributed by atoms with van der Waals surface area (Å²) in [7, 11) is -2.32. The number of ether oxygens (including phenoxy) is 3. The second kappa shape index (κ2) is 6.42. The highest BCUT2D eigenvalue weighted by Gasteiger charge is 2.30. The third-order valence-electron chi connectivity index (χ3n) is 3.17.